The number of likely N-dealkylation sites (tertiary alicyclic amines) is 2. The lowest BCUT2D eigenvalue weighted by atomic mass is 10.0. The largest absolute Gasteiger partial charge is 0.497 e. The van der Waals surface area contributed by atoms with Gasteiger partial charge in [-0.15, -0.1) is 0 Å². The van der Waals surface area contributed by atoms with Gasteiger partial charge in [-0.3, -0.25) is 25.4 Å². The Morgan fingerprint density at radius 3 is 2.48 bits per heavy atom. The third kappa shape index (κ3) is 8.24. The van der Waals surface area contributed by atoms with Gasteiger partial charge >= 0.3 is 0 Å². The number of benzene rings is 3. The number of aromatic nitrogens is 3. The molecule has 2 saturated heterocycles. The molecule has 4 aliphatic heterocycles. The molecule has 64 heavy (non-hydrogen) atoms. The summed E-state index contributed by atoms with van der Waals surface area (Å²) < 4.78 is 36.4. The summed E-state index contributed by atoms with van der Waals surface area (Å²) in [5.41, 5.74) is 12.2. The van der Waals surface area contributed by atoms with Crippen molar-refractivity contribution in [2.45, 2.75) is 109 Å². The van der Waals surface area contributed by atoms with E-state index in [0.29, 0.717) is 41.4 Å². The number of imidazole rings is 1. The molecule has 3 aromatic carbocycles. The number of nitrogens with two attached hydrogens (primary N) is 1. The van der Waals surface area contributed by atoms with Crippen molar-refractivity contribution in [1.29, 1.82) is 0 Å². The van der Waals surface area contributed by atoms with Crippen LogP contribution >= 0.6 is 0 Å². The fourth-order valence-electron chi connectivity index (χ4n) is 10.1. The Bertz CT molecular complexity index is 2490. The lowest BCUT2D eigenvalue weighted by Crippen LogP contribution is -2.55. The number of nitrogens with zero attached hydrogens (tertiary/aromatic N) is 5. The van der Waals surface area contributed by atoms with Gasteiger partial charge in [0.15, 0.2) is 0 Å². The molecule has 9 rings (SSSR count). The third-order valence-electron chi connectivity index (χ3n) is 13.7. The number of methoxy groups -OCH3 is 2. The highest BCUT2D eigenvalue weighted by molar-refractivity contribution is 6.04. The topological polar surface area (TPSA) is 191 Å². The standard InChI is InChI=1S/C48H62FN9O6/c1-25(2)41(50)45(59)56-16-8-12-36(56)43-52-24-34(54-43)29-20-32(49)40-38-21-30-18-27(14-15-35(30)58(38)47(64-39(40)22-29)28-10-7-11-31(19-28)62-5)33-23-51-44(53-33)37-13-9-17-57(37)46(60)42(26(3)4)55-48(61)63-6/h7,10-11,14-15,18-23,25-26,36-37,41-43,45-48,52,55,59-61H,8-9,12-13,16-17,24,50H2,1-6H3,(H,51,53). The molecule has 4 aliphatic rings. The van der Waals surface area contributed by atoms with E-state index in [-0.39, 0.29) is 36.1 Å². The van der Waals surface area contributed by atoms with E-state index in [4.69, 9.17) is 29.9 Å². The van der Waals surface area contributed by atoms with Crippen molar-refractivity contribution in [3.05, 3.63) is 89.6 Å². The van der Waals surface area contributed by atoms with Crippen LogP contribution in [0.1, 0.15) is 82.6 Å². The molecule has 0 amide bonds. The molecule has 2 fully saturated rings. The van der Waals surface area contributed by atoms with E-state index in [0.717, 1.165) is 71.5 Å². The fourth-order valence-corrected chi connectivity index (χ4v) is 10.1. The van der Waals surface area contributed by atoms with Crippen molar-refractivity contribution >= 4 is 16.6 Å². The molecule has 5 aromatic rings. The van der Waals surface area contributed by atoms with Crippen LogP contribution in [0.3, 0.4) is 0 Å². The first-order chi connectivity index (χ1) is 30.8. The van der Waals surface area contributed by atoms with Crippen LogP contribution in [0.25, 0.3) is 33.4 Å². The van der Waals surface area contributed by atoms with E-state index in [1.54, 1.807) is 13.2 Å². The average molecular weight is 880 g/mol. The molecule has 0 spiro atoms. The summed E-state index contributed by atoms with van der Waals surface area (Å²) in [6.07, 6.45) is 1.56. The zero-order valence-electron chi connectivity index (χ0n) is 37.4. The number of H-pyrrole nitrogens is 1. The summed E-state index contributed by atoms with van der Waals surface area (Å²) in [4.78, 5) is 17.5. The van der Waals surface area contributed by atoms with Crippen molar-refractivity contribution in [3.63, 3.8) is 0 Å². The summed E-state index contributed by atoms with van der Waals surface area (Å²) in [7, 11) is 3.04. The van der Waals surface area contributed by atoms with Crippen molar-refractivity contribution in [2.75, 3.05) is 33.9 Å². The first-order valence-corrected chi connectivity index (χ1v) is 22.6. The molecule has 15 nitrogen and oxygen atoms in total. The minimum atomic E-state index is -1.20. The van der Waals surface area contributed by atoms with Gasteiger partial charge in [0, 0.05) is 60.9 Å². The predicted octanol–water partition coefficient (Wildman–Crippen LogP) is 5.26. The number of fused-ring (bicyclic) bond motifs is 5. The van der Waals surface area contributed by atoms with E-state index < -0.39 is 37.0 Å². The molecule has 0 saturated carbocycles. The lowest BCUT2D eigenvalue weighted by Gasteiger charge is -2.37. The van der Waals surface area contributed by atoms with Crippen LogP contribution in [0.5, 0.6) is 11.5 Å². The molecule has 9 unspecified atom stereocenters. The van der Waals surface area contributed by atoms with Gasteiger partial charge in [-0.05, 0) is 80.0 Å². The van der Waals surface area contributed by atoms with Crippen molar-refractivity contribution in [2.24, 2.45) is 22.6 Å². The molecule has 0 radical (unpaired) electrons. The van der Waals surface area contributed by atoms with E-state index >= 15 is 4.39 Å². The fraction of sp³-hybridized carbons (Fsp3) is 0.500. The molecule has 6 heterocycles. The highest BCUT2D eigenvalue weighted by Crippen LogP contribution is 2.47. The molecule has 9 atom stereocenters. The first kappa shape index (κ1) is 44.5. The van der Waals surface area contributed by atoms with Crippen LogP contribution in [-0.2, 0) is 4.74 Å². The van der Waals surface area contributed by atoms with Crippen molar-refractivity contribution < 1.29 is 33.9 Å². The van der Waals surface area contributed by atoms with Gasteiger partial charge in [0.25, 0.3) is 0 Å². The maximum Gasteiger partial charge on any atom is 0.213 e. The van der Waals surface area contributed by atoms with Gasteiger partial charge in [0.05, 0.1) is 53.6 Å². The summed E-state index contributed by atoms with van der Waals surface area (Å²) >= 11 is 0. The molecule has 2 aromatic heterocycles. The van der Waals surface area contributed by atoms with Gasteiger partial charge in [-0.25, -0.2) is 9.37 Å². The van der Waals surface area contributed by atoms with Crippen molar-refractivity contribution in [3.8, 4) is 34.0 Å². The molecule has 342 valence electrons. The third-order valence-corrected chi connectivity index (χ3v) is 13.7. The van der Waals surface area contributed by atoms with Gasteiger partial charge in [0.2, 0.25) is 12.6 Å². The minimum absolute atomic E-state index is 0.0148. The number of rotatable bonds is 15. The predicted molar refractivity (Wildman–Crippen MR) is 243 cm³/mol. The number of halogens is 1. The van der Waals surface area contributed by atoms with Crippen LogP contribution < -0.4 is 25.8 Å². The Hall–Kier alpha value is -4.75. The summed E-state index contributed by atoms with van der Waals surface area (Å²) in [5.74, 6) is 1.56. The maximum absolute atomic E-state index is 16.8. The maximum atomic E-state index is 16.8. The highest BCUT2D eigenvalue weighted by Gasteiger charge is 2.41. The van der Waals surface area contributed by atoms with Crippen LogP contribution in [0.2, 0.25) is 0 Å². The number of nitrogens with one attached hydrogen (secondary N) is 3. The second-order valence-electron chi connectivity index (χ2n) is 18.4. The zero-order valence-corrected chi connectivity index (χ0v) is 37.4. The molecule has 8 N–H and O–H groups in total. The van der Waals surface area contributed by atoms with Gasteiger partial charge in [-0.2, -0.15) is 0 Å². The van der Waals surface area contributed by atoms with Crippen LogP contribution in [0.15, 0.2) is 71.9 Å². The monoisotopic (exact) mass is 879 g/mol. The van der Waals surface area contributed by atoms with E-state index in [1.807, 2.05) is 91.9 Å². The Morgan fingerprint density at radius 1 is 0.922 bits per heavy atom. The number of ether oxygens (including phenoxy) is 3. The molecular weight excluding hydrogens is 818 g/mol. The number of aliphatic hydroxyl groups excluding tert-OH is 3. The average Bonchev–Trinajstić information content (AvgIpc) is 4.15. The number of aromatic amines is 1. The Kier molecular flexibility index (Phi) is 12.7. The number of hydrogen-bond acceptors (Lipinski definition) is 13. The molecule has 0 bridgehead atoms. The number of aliphatic hydroxyl groups is 3. The normalized spacial score (nSPS) is 23.9. The first-order valence-electron chi connectivity index (χ1n) is 22.6. The second kappa shape index (κ2) is 18.3. The quantitative estimate of drug-likeness (QED) is 0.0677. The van der Waals surface area contributed by atoms with Crippen molar-refractivity contribution in [1.82, 2.24) is 35.0 Å². The summed E-state index contributed by atoms with van der Waals surface area (Å²) in [6.45, 7) is 9.88. The van der Waals surface area contributed by atoms with E-state index in [1.165, 1.54) is 7.11 Å². The summed E-state index contributed by atoms with van der Waals surface area (Å²) in [5, 5.41) is 40.3. The van der Waals surface area contributed by atoms with Crippen LogP contribution in [-0.4, -0.2) is 122 Å². The highest BCUT2D eigenvalue weighted by atomic mass is 19.1. The number of aliphatic imine (C=N–C) groups is 1. The summed E-state index contributed by atoms with van der Waals surface area (Å²) in [6, 6.07) is 18.3. The second-order valence-corrected chi connectivity index (χ2v) is 18.4. The number of hydrogen-bond donors (Lipinski definition) is 7. The molecule has 0 aliphatic carbocycles. The Balaban J connectivity index is 1.04. The van der Waals surface area contributed by atoms with Gasteiger partial charge < -0.3 is 44.8 Å². The molecule has 16 heteroatoms. The van der Waals surface area contributed by atoms with E-state index in [9.17, 15) is 15.3 Å². The zero-order chi connectivity index (χ0) is 45.0. The van der Waals surface area contributed by atoms with Gasteiger partial charge in [0.1, 0.15) is 41.8 Å². The minimum Gasteiger partial charge on any atom is -0.497 e. The SMILES string of the molecule is COc1cccc(C2Oc3cc(C4=NC(C5CCCN5C(O)C(N)C(C)C)NC4)cc(F)c3-c3cc4cc(-c5cnc(C6CCCN6C(O)C(NC(O)OC)C(C)C)[nH]5)ccc4n32)c1. The Labute approximate surface area is 373 Å². The van der Waals surface area contributed by atoms with Crippen LogP contribution in [0, 0.1) is 17.7 Å². The van der Waals surface area contributed by atoms with Crippen LogP contribution in [0.4, 0.5) is 4.39 Å². The Morgan fingerprint density at radius 2 is 1.72 bits per heavy atom. The van der Waals surface area contributed by atoms with E-state index in [2.05, 4.69) is 26.6 Å². The lowest BCUT2D eigenvalue weighted by molar-refractivity contribution is -0.132. The van der Waals surface area contributed by atoms with Gasteiger partial charge in [-0.1, -0.05) is 45.9 Å². The molecular formula is C48H62FN9O6. The smallest absolute Gasteiger partial charge is 0.213 e.